The molecular formula is C23H43FO5. The molecule has 5 nitrogen and oxygen atoms in total. The van der Waals surface area contributed by atoms with Crippen molar-refractivity contribution in [3.8, 4) is 0 Å². The summed E-state index contributed by atoms with van der Waals surface area (Å²) in [5, 5.41) is 0. The smallest absolute Gasteiger partial charge is 0.156 e. The van der Waals surface area contributed by atoms with Crippen LogP contribution in [-0.2, 0) is 23.7 Å². The highest BCUT2D eigenvalue weighted by Gasteiger charge is 2.46. The monoisotopic (exact) mass is 418 g/mol. The third-order valence-electron chi connectivity index (χ3n) is 5.00. The maximum Gasteiger partial charge on any atom is 0.156 e. The first kappa shape index (κ1) is 26.3. The first-order valence-corrected chi connectivity index (χ1v) is 11.6. The third-order valence-corrected chi connectivity index (χ3v) is 5.00. The zero-order valence-corrected chi connectivity index (χ0v) is 19.0. The van der Waals surface area contributed by atoms with Crippen LogP contribution in [0.5, 0.6) is 0 Å². The molecule has 1 heterocycles. The Morgan fingerprint density at radius 3 is 1.83 bits per heavy atom. The largest absolute Gasteiger partial charge is 0.484 e. The van der Waals surface area contributed by atoms with Gasteiger partial charge in [-0.2, -0.15) is 0 Å². The summed E-state index contributed by atoms with van der Waals surface area (Å²) in [5.41, 5.74) is 0. The van der Waals surface area contributed by atoms with Crippen molar-refractivity contribution < 1.29 is 28.1 Å². The second-order valence-electron chi connectivity index (χ2n) is 7.62. The minimum absolute atomic E-state index is 0.182. The van der Waals surface area contributed by atoms with E-state index >= 15 is 0 Å². The van der Waals surface area contributed by atoms with Gasteiger partial charge in [-0.3, -0.25) is 0 Å². The van der Waals surface area contributed by atoms with Crippen molar-refractivity contribution in [1.82, 2.24) is 0 Å². The minimum atomic E-state index is -0.595. The van der Waals surface area contributed by atoms with Crippen molar-refractivity contribution in [1.29, 1.82) is 0 Å². The van der Waals surface area contributed by atoms with Gasteiger partial charge in [0.1, 0.15) is 24.6 Å². The highest BCUT2D eigenvalue weighted by Crippen LogP contribution is 2.31. The molecule has 0 saturated carbocycles. The van der Waals surface area contributed by atoms with Crippen LogP contribution < -0.4 is 0 Å². The summed E-state index contributed by atoms with van der Waals surface area (Å²) >= 11 is 0. The summed E-state index contributed by atoms with van der Waals surface area (Å²) in [5.74, 6) is 0.182. The molecule has 1 aliphatic rings. The zero-order valence-electron chi connectivity index (χ0n) is 19.0. The van der Waals surface area contributed by atoms with Crippen molar-refractivity contribution in [2.24, 2.45) is 0 Å². The zero-order chi connectivity index (χ0) is 21.3. The molecule has 0 radical (unpaired) electrons. The molecule has 172 valence electrons. The predicted octanol–water partition coefficient (Wildman–Crippen LogP) is 5.57. The van der Waals surface area contributed by atoms with E-state index in [4.69, 9.17) is 23.7 Å². The fourth-order valence-electron chi connectivity index (χ4n) is 3.16. The molecule has 6 heteroatoms. The van der Waals surface area contributed by atoms with Crippen molar-refractivity contribution >= 4 is 0 Å². The maximum atomic E-state index is 13.7. The van der Waals surface area contributed by atoms with Crippen molar-refractivity contribution in [2.75, 3.05) is 33.0 Å². The molecule has 0 bridgehead atoms. The van der Waals surface area contributed by atoms with Gasteiger partial charge in [0.05, 0.1) is 6.61 Å². The van der Waals surface area contributed by atoms with Crippen LogP contribution in [-0.4, -0.2) is 57.5 Å². The topological polar surface area (TPSA) is 46.2 Å². The van der Waals surface area contributed by atoms with Gasteiger partial charge in [-0.25, -0.2) is 4.39 Å². The van der Waals surface area contributed by atoms with Gasteiger partial charge in [-0.15, -0.1) is 0 Å². The molecule has 0 amide bonds. The second kappa shape index (κ2) is 17.0. The lowest BCUT2D eigenvalue weighted by Crippen LogP contribution is -2.56. The van der Waals surface area contributed by atoms with Crippen LogP contribution in [0.1, 0.15) is 79.1 Å². The molecule has 0 N–H and O–H groups in total. The van der Waals surface area contributed by atoms with Gasteiger partial charge in [-0.1, -0.05) is 53.4 Å². The SMILES string of the molecule is CCCCOC[C@H]1OC(=CF)[C@H](OCCCC)[C@@H](OCCCC)[C@H]1OCCCC. The summed E-state index contributed by atoms with van der Waals surface area (Å²) in [6.45, 7) is 11.2. The normalized spacial score (nSPS) is 26.0. The van der Waals surface area contributed by atoms with Crippen LogP contribution in [0.2, 0.25) is 0 Å². The Bertz CT molecular complexity index is 418. The maximum absolute atomic E-state index is 13.7. The van der Waals surface area contributed by atoms with E-state index in [1.54, 1.807) is 0 Å². The van der Waals surface area contributed by atoms with Gasteiger partial charge in [0.15, 0.2) is 11.9 Å². The van der Waals surface area contributed by atoms with E-state index in [2.05, 4.69) is 27.7 Å². The Labute approximate surface area is 177 Å². The Kier molecular flexibility index (Phi) is 15.5. The molecule has 0 aromatic rings. The predicted molar refractivity (Wildman–Crippen MR) is 114 cm³/mol. The quantitative estimate of drug-likeness (QED) is 0.289. The van der Waals surface area contributed by atoms with Crippen molar-refractivity contribution in [3.63, 3.8) is 0 Å². The lowest BCUT2D eigenvalue weighted by molar-refractivity contribution is -0.215. The van der Waals surface area contributed by atoms with Gasteiger partial charge >= 0.3 is 0 Å². The van der Waals surface area contributed by atoms with Gasteiger partial charge < -0.3 is 23.7 Å². The van der Waals surface area contributed by atoms with E-state index in [1.165, 1.54) is 0 Å². The number of hydrogen-bond acceptors (Lipinski definition) is 5. The number of ether oxygens (including phenoxy) is 5. The van der Waals surface area contributed by atoms with Crippen LogP contribution in [0, 0.1) is 0 Å². The molecule has 4 atom stereocenters. The Morgan fingerprint density at radius 1 is 0.759 bits per heavy atom. The average molecular weight is 419 g/mol. The Hall–Kier alpha value is -0.690. The average Bonchev–Trinajstić information content (AvgIpc) is 2.73. The molecule has 1 fully saturated rings. The van der Waals surface area contributed by atoms with E-state index in [-0.39, 0.29) is 11.9 Å². The van der Waals surface area contributed by atoms with Crippen molar-refractivity contribution in [2.45, 2.75) is 103 Å². The lowest BCUT2D eigenvalue weighted by atomic mass is 9.97. The minimum Gasteiger partial charge on any atom is -0.484 e. The summed E-state index contributed by atoms with van der Waals surface area (Å²) in [7, 11) is 0. The number of hydrogen-bond donors (Lipinski definition) is 0. The van der Waals surface area contributed by atoms with Crippen LogP contribution in [0.15, 0.2) is 12.1 Å². The Balaban J connectivity index is 2.96. The summed E-state index contributed by atoms with van der Waals surface area (Å²) in [6, 6.07) is 0. The summed E-state index contributed by atoms with van der Waals surface area (Å²) < 4.78 is 43.9. The molecule has 1 aliphatic heterocycles. The molecular weight excluding hydrogens is 375 g/mol. The van der Waals surface area contributed by atoms with Crippen LogP contribution in [0.4, 0.5) is 4.39 Å². The molecule has 0 aliphatic carbocycles. The lowest BCUT2D eigenvalue weighted by Gasteiger charge is -2.43. The summed E-state index contributed by atoms with van der Waals surface area (Å²) in [6.07, 6.45) is 6.66. The van der Waals surface area contributed by atoms with Crippen LogP contribution in [0.3, 0.4) is 0 Å². The number of unbranched alkanes of at least 4 members (excludes halogenated alkanes) is 4. The van der Waals surface area contributed by atoms with Crippen molar-refractivity contribution in [3.05, 3.63) is 12.1 Å². The fraction of sp³-hybridized carbons (Fsp3) is 0.913. The number of rotatable bonds is 17. The summed E-state index contributed by atoms with van der Waals surface area (Å²) in [4.78, 5) is 0. The molecule has 1 rings (SSSR count). The molecule has 0 aromatic carbocycles. The van der Waals surface area contributed by atoms with E-state index in [0.29, 0.717) is 39.4 Å². The van der Waals surface area contributed by atoms with Gasteiger partial charge in [0.2, 0.25) is 0 Å². The highest BCUT2D eigenvalue weighted by atomic mass is 19.1. The van der Waals surface area contributed by atoms with E-state index < -0.39 is 18.3 Å². The van der Waals surface area contributed by atoms with Gasteiger partial charge in [0, 0.05) is 26.4 Å². The Morgan fingerprint density at radius 2 is 1.28 bits per heavy atom. The first-order valence-electron chi connectivity index (χ1n) is 11.6. The third kappa shape index (κ3) is 9.77. The van der Waals surface area contributed by atoms with E-state index in [0.717, 1.165) is 51.4 Å². The fourth-order valence-corrected chi connectivity index (χ4v) is 3.16. The highest BCUT2D eigenvalue weighted by molar-refractivity contribution is 5.09. The molecule has 0 unspecified atom stereocenters. The van der Waals surface area contributed by atoms with E-state index in [1.807, 2.05) is 0 Å². The molecule has 29 heavy (non-hydrogen) atoms. The molecule has 0 aromatic heterocycles. The standard InChI is InChI=1S/C23H43FO5/c1-5-9-13-25-18-20-22(27-15-11-7-3)23(28-16-12-8-4)21(19(17-24)29-20)26-14-10-6-2/h17,20-23H,5-16,18H2,1-4H3/t20-,21+,22+,23-/m1/s1. The first-order chi connectivity index (χ1) is 14.2. The molecule has 1 saturated heterocycles. The second-order valence-corrected chi connectivity index (χ2v) is 7.62. The molecule has 0 spiro atoms. The van der Waals surface area contributed by atoms with Crippen LogP contribution in [0.25, 0.3) is 0 Å². The van der Waals surface area contributed by atoms with Crippen LogP contribution >= 0.6 is 0 Å². The van der Waals surface area contributed by atoms with Gasteiger partial charge in [0.25, 0.3) is 0 Å². The number of halogens is 1. The van der Waals surface area contributed by atoms with Gasteiger partial charge in [-0.05, 0) is 25.7 Å². The van der Waals surface area contributed by atoms with E-state index in [9.17, 15) is 4.39 Å².